The lowest BCUT2D eigenvalue weighted by molar-refractivity contribution is 0.0379. The summed E-state index contributed by atoms with van der Waals surface area (Å²) in [6.45, 7) is 2.08. The number of ether oxygens (including phenoxy) is 1. The Labute approximate surface area is 128 Å². The number of hydrogen-bond donors (Lipinski definition) is 1. The van der Waals surface area contributed by atoms with E-state index in [4.69, 9.17) is 9.15 Å². The third kappa shape index (κ3) is 2.78. The fourth-order valence-corrected chi connectivity index (χ4v) is 2.83. The van der Waals surface area contributed by atoms with Crippen molar-refractivity contribution in [2.45, 2.75) is 31.9 Å². The molecule has 116 valence electrons. The number of nitrogens with zero attached hydrogens (tertiary/aromatic N) is 2. The summed E-state index contributed by atoms with van der Waals surface area (Å²) in [6, 6.07) is 3.34. The summed E-state index contributed by atoms with van der Waals surface area (Å²) >= 11 is 0. The Morgan fingerprint density at radius 2 is 2.36 bits per heavy atom. The number of amides is 1. The van der Waals surface area contributed by atoms with Crippen LogP contribution in [0.25, 0.3) is 0 Å². The second-order valence-electron chi connectivity index (χ2n) is 6.00. The Kier molecular flexibility index (Phi) is 3.46. The fourth-order valence-electron chi connectivity index (χ4n) is 2.83. The lowest BCUT2D eigenvalue weighted by Crippen LogP contribution is -2.31. The summed E-state index contributed by atoms with van der Waals surface area (Å²) in [6.07, 6.45) is 6.96. The van der Waals surface area contributed by atoms with Crippen molar-refractivity contribution < 1.29 is 13.9 Å². The largest absolute Gasteiger partial charge is 0.459 e. The average molecular weight is 301 g/mol. The monoisotopic (exact) mass is 301 g/mol. The summed E-state index contributed by atoms with van der Waals surface area (Å²) < 4.78 is 12.9. The summed E-state index contributed by atoms with van der Waals surface area (Å²) in [4.78, 5) is 11.9. The molecule has 0 spiro atoms. The maximum Gasteiger partial charge on any atom is 0.287 e. The highest BCUT2D eigenvalue weighted by atomic mass is 16.5. The van der Waals surface area contributed by atoms with E-state index in [1.807, 2.05) is 4.68 Å². The number of rotatable bonds is 5. The van der Waals surface area contributed by atoms with E-state index in [2.05, 4.69) is 16.6 Å². The maximum absolute atomic E-state index is 11.9. The van der Waals surface area contributed by atoms with Crippen molar-refractivity contribution in [1.82, 2.24) is 15.1 Å². The first-order valence-corrected chi connectivity index (χ1v) is 7.79. The number of aromatic nitrogens is 2. The zero-order valence-electron chi connectivity index (χ0n) is 12.3. The minimum atomic E-state index is -0.224. The van der Waals surface area contributed by atoms with Crippen LogP contribution < -0.4 is 5.32 Å². The number of carbonyl (C=O) groups excluding carboxylic acids is 1. The van der Waals surface area contributed by atoms with Crippen molar-refractivity contribution in [3.05, 3.63) is 41.6 Å². The van der Waals surface area contributed by atoms with Crippen LogP contribution in [0.4, 0.5) is 0 Å². The summed E-state index contributed by atoms with van der Waals surface area (Å²) in [5.74, 6) is 0.882. The SMILES string of the molecule is O=C(NC[C@@H]1OCCc2cn(CC3CC3)nc21)c1ccco1. The first-order valence-electron chi connectivity index (χ1n) is 7.79. The molecule has 3 heterocycles. The topological polar surface area (TPSA) is 69.3 Å². The van der Waals surface area contributed by atoms with Crippen LogP contribution in [0, 0.1) is 5.92 Å². The van der Waals surface area contributed by atoms with E-state index in [0.29, 0.717) is 18.9 Å². The van der Waals surface area contributed by atoms with Crippen molar-refractivity contribution >= 4 is 5.91 Å². The number of hydrogen-bond acceptors (Lipinski definition) is 4. The lowest BCUT2D eigenvalue weighted by Gasteiger charge is -2.22. The molecule has 0 unspecified atom stereocenters. The normalized spacial score (nSPS) is 20.6. The molecule has 22 heavy (non-hydrogen) atoms. The van der Waals surface area contributed by atoms with E-state index in [1.165, 1.54) is 24.7 Å². The molecule has 4 rings (SSSR count). The van der Waals surface area contributed by atoms with Gasteiger partial charge in [-0.2, -0.15) is 5.10 Å². The van der Waals surface area contributed by atoms with Gasteiger partial charge in [-0.25, -0.2) is 0 Å². The zero-order valence-corrected chi connectivity index (χ0v) is 12.3. The van der Waals surface area contributed by atoms with E-state index in [0.717, 1.165) is 24.6 Å². The molecule has 1 amide bonds. The van der Waals surface area contributed by atoms with Crippen LogP contribution in [0.15, 0.2) is 29.0 Å². The molecular weight excluding hydrogens is 282 g/mol. The Bertz CT molecular complexity index is 658. The van der Waals surface area contributed by atoms with Gasteiger partial charge in [0.05, 0.1) is 18.6 Å². The Morgan fingerprint density at radius 3 is 3.14 bits per heavy atom. The molecule has 1 aliphatic carbocycles. The molecular formula is C16H19N3O3. The first kappa shape index (κ1) is 13.6. The van der Waals surface area contributed by atoms with Crippen molar-refractivity contribution in [2.75, 3.05) is 13.2 Å². The van der Waals surface area contributed by atoms with Gasteiger partial charge in [0.25, 0.3) is 5.91 Å². The lowest BCUT2D eigenvalue weighted by atomic mass is 10.1. The molecule has 1 fully saturated rings. The van der Waals surface area contributed by atoms with Gasteiger partial charge < -0.3 is 14.5 Å². The molecule has 1 aliphatic heterocycles. The van der Waals surface area contributed by atoms with Crippen LogP contribution in [0.2, 0.25) is 0 Å². The Balaban J connectivity index is 1.42. The van der Waals surface area contributed by atoms with Crippen LogP contribution >= 0.6 is 0 Å². The average Bonchev–Trinajstić information content (AvgIpc) is 3.03. The standard InChI is InChI=1S/C16H19N3O3/c20-16(13-2-1-6-21-13)17-8-14-15-12(5-7-22-14)10-19(18-15)9-11-3-4-11/h1-2,6,10-11,14H,3-5,7-9H2,(H,17,20)/t14-/m0/s1. The van der Waals surface area contributed by atoms with E-state index in [9.17, 15) is 4.79 Å². The van der Waals surface area contributed by atoms with E-state index >= 15 is 0 Å². The minimum absolute atomic E-state index is 0.178. The Morgan fingerprint density at radius 1 is 1.45 bits per heavy atom. The van der Waals surface area contributed by atoms with Gasteiger partial charge in [0.15, 0.2) is 5.76 Å². The third-order valence-electron chi connectivity index (χ3n) is 4.20. The third-order valence-corrected chi connectivity index (χ3v) is 4.20. The molecule has 2 aromatic rings. The number of fused-ring (bicyclic) bond motifs is 1. The maximum atomic E-state index is 11.9. The van der Waals surface area contributed by atoms with Gasteiger partial charge >= 0.3 is 0 Å². The van der Waals surface area contributed by atoms with Crippen molar-refractivity contribution in [2.24, 2.45) is 5.92 Å². The summed E-state index contributed by atoms with van der Waals surface area (Å²) in [5.41, 5.74) is 2.20. The van der Waals surface area contributed by atoms with Gasteiger partial charge in [0.2, 0.25) is 0 Å². The molecule has 2 aromatic heterocycles. The summed E-state index contributed by atoms with van der Waals surface area (Å²) in [5, 5.41) is 7.52. The van der Waals surface area contributed by atoms with Gasteiger partial charge in [-0.05, 0) is 42.9 Å². The highest BCUT2D eigenvalue weighted by Gasteiger charge is 2.27. The second kappa shape index (κ2) is 5.61. The predicted octanol–water partition coefficient (Wildman–Crippen LogP) is 1.93. The van der Waals surface area contributed by atoms with Crippen LogP contribution in [-0.2, 0) is 17.7 Å². The fraction of sp³-hybridized carbons (Fsp3) is 0.500. The molecule has 6 heteroatoms. The molecule has 6 nitrogen and oxygen atoms in total. The molecule has 1 atom stereocenters. The van der Waals surface area contributed by atoms with Crippen LogP contribution in [0.1, 0.15) is 40.8 Å². The Hall–Kier alpha value is -2.08. The van der Waals surface area contributed by atoms with E-state index in [1.54, 1.807) is 12.1 Å². The van der Waals surface area contributed by atoms with Gasteiger partial charge in [0.1, 0.15) is 6.10 Å². The zero-order chi connectivity index (χ0) is 14.9. The van der Waals surface area contributed by atoms with E-state index < -0.39 is 0 Å². The van der Waals surface area contributed by atoms with Crippen LogP contribution in [0.3, 0.4) is 0 Å². The van der Waals surface area contributed by atoms with Crippen LogP contribution in [0.5, 0.6) is 0 Å². The second-order valence-corrected chi connectivity index (χ2v) is 6.00. The molecule has 1 N–H and O–H groups in total. The van der Waals surface area contributed by atoms with E-state index in [-0.39, 0.29) is 12.0 Å². The quantitative estimate of drug-likeness (QED) is 0.916. The number of nitrogens with one attached hydrogen (secondary N) is 1. The van der Waals surface area contributed by atoms with Crippen molar-refractivity contribution in [1.29, 1.82) is 0 Å². The number of carbonyl (C=O) groups is 1. The minimum Gasteiger partial charge on any atom is -0.459 e. The van der Waals surface area contributed by atoms with Crippen molar-refractivity contribution in [3.8, 4) is 0 Å². The van der Waals surface area contributed by atoms with Gasteiger partial charge in [0, 0.05) is 19.3 Å². The summed E-state index contributed by atoms with van der Waals surface area (Å²) in [7, 11) is 0. The van der Waals surface area contributed by atoms with Crippen LogP contribution in [-0.4, -0.2) is 28.8 Å². The van der Waals surface area contributed by atoms with Crippen molar-refractivity contribution in [3.63, 3.8) is 0 Å². The smallest absolute Gasteiger partial charge is 0.287 e. The molecule has 0 saturated heterocycles. The number of furan rings is 1. The predicted molar refractivity (Wildman–Crippen MR) is 78.4 cm³/mol. The highest BCUT2D eigenvalue weighted by molar-refractivity contribution is 5.91. The molecule has 0 aromatic carbocycles. The highest BCUT2D eigenvalue weighted by Crippen LogP contribution is 2.32. The molecule has 1 saturated carbocycles. The van der Waals surface area contributed by atoms with Gasteiger partial charge in [-0.1, -0.05) is 0 Å². The van der Waals surface area contributed by atoms with Gasteiger partial charge in [-0.15, -0.1) is 0 Å². The first-order chi connectivity index (χ1) is 10.8. The molecule has 2 aliphatic rings. The molecule has 0 radical (unpaired) electrons. The molecule has 0 bridgehead atoms. The van der Waals surface area contributed by atoms with Gasteiger partial charge in [-0.3, -0.25) is 9.48 Å².